The third-order valence-electron chi connectivity index (χ3n) is 3.24. The lowest BCUT2D eigenvalue weighted by atomic mass is 9.96. The van der Waals surface area contributed by atoms with Gasteiger partial charge in [-0.25, -0.2) is 4.39 Å². The largest absolute Gasteiger partial charge is 0.386 e. The summed E-state index contributed by atoms with van der Waals surface area (Å²) in [5, 5.41) is 3.81. The lowest BCUT2D eigenvalue weighted by Gasteiger charge is -2.11. The van der Waals surface area contributed by atoms with E-state index < -0.39 is 0 Å². The van der Waals surface area contributed by atoms with Crippen molar-refractivity contribution in [3.63, 3.8) is 0 Å². The highest BCUT2D eigenvalue weighted by molar-refractivity contribution is 5.83. The highest BCUT2D eigenvalue weighted by atomic mass is 19.1. The van der Waals surface area contributed by atoms with Crippen LogP contribution in [0.1, 0.15) is 36.6 Å². The quantitative estimate of drug-likeness (QED) is 0.791. The van der Waals surface area contributed by atoms with E-state index >= 15 is 0 Å². The van der Waals surface area contributed by atoms with Gasteiger partial charge in [-0.2, -0.15) is 0 Å². The number of hydrogen-bond acceptors (Lipinski definition) is 2. The fraction of sp³-hybridized carbons (Fsp3) is 0.333. The van der Waals surface area contributed by atoms with Crippen molar-refractivity contribution in [1.29, 1.82) is 0 Å². The van der Waals surface area contributed by atoms with Crippen LogP contribution in [0.4, 0.5) is 4.39 Å². The summed E-state index contributed by atoms with van der Waals surface area (Å²) in [6.45, 7) is 10.0. The molecule has 0 fully saturated rings. The number of halogens is 1. The molecule has 0 saturated heterocycles. The maximum atomic E-state index is 14.5. The van der Waals surface area contributed by atoms with E-state index in [-0.39, 0.29) is 11.7 Å². The fourth-order valence-electron chi connectivity index (χ4n) is 2.46. The molecule has 4 heteroatoms. The van der Waals surface area contributed by atoms with Crippen LogP contribution in [0.3, 0.4) is 0 Å². The SMILES string of the molecule is C=C(N)NCc1cc2cc(C)c(C(C)C)c(F)c2[nH]1. The predicted octanol–water partition coefficient (Wildman–Crippen LogP) is 3.26. The molecule has 0 aliphatic carbocycles. The Morgan fingerprint density at radius 3 is 2.74 bits per heavy atom. The van der Waals surface area contributed by atoms with Crippen LogP contribution < -0.4 is 11.1 Å². The van der Waals surface area contributed by atoms with E-state index in [2.05, 4.69) is 16.9 Å². The number of hydrogen-bond donors (Lipinski definition) is 3. The van der Waals surface area contributed by atoms with E-state index in [1.54, 1.807) is 0 Å². The molecule has 4 N–H and O–H groups in total. The van der Waals surface area contributed by atoms with Crippen molar-refractivity contribution in [2.75, 3.05) is 0 Å². The van der Waals surface area contributed by atoms with Gasteiger partial charge < -0.3 is 16.0 Å². The predicted molar refractivity (Wildman–Crippen MR) is 77.2 cm³/mol. The van der Waals surface area contributed by atoms with Gasteiger partial charge in [-0.1, -0.05) is 20.4 Å². The van der Waals surface area contributed by atoms with E-state index in [1.165, 1.54) is 0 Å². The molecule has 2 aromatic rings. The molecule has 2 rings (SSSR count). The molecule has 1 aromatic carbocycles. The van der Waals surface area contributed by atoms with Crippen LogP contribution in [-0.2, 0) is 6.54 Å². The molecule has 0 radical (unpaired) electrons. The number of fused-ring (bicyclic) bond motifs is 1. The first kappa shape index (κ1) is 13.5. The molecular weight excluding hydrogens is 241 g/mol. The number of aromatic nitrogens is 1. The number of H-pyrrole nitrogens is 1. The lowest BCUT2D eigenvalue weighted by molar-refractivity contribution is 0.605. The summed E-state index contributed by atoms with van der Waals surface area (Å²) in [4.78, 5) is 3.11. The molecular formula is C15H20FN3. The molecule has 1 aromatic heterocycles. The van der Waals surface area contributed by atoms with Crippen molar-refractivity contribution < 1.29 is 4.39 Å². The first-order chi connectivity index (χ1) is 8.90. The van der Waals surface area contributed by atoms with Crippen LogP contribution in [0.15, 0.2) is 24.5 Å². The summed E-state index contributed by atoms with van der Waals surface area (Å²) in [7, 11) is 0. The van der Waals surface area contributed by atoms with Gasteiger partial charge in [0, 0.05) is 11.1 Å². The monoisotopic (exact) mass is 261 g/mol. The van der Waals surface area contributed by atoms with Gasteiger partial charge in [0.15, 0.2) is 5.82 Å². The van der Waals surface area contributed by atoms with Crippen LogP contribution >= 0.6 is 0 Å². The Bertz CT molecular complexity index is 626. The van der Waals surface area contributed by atoms with Gasteiger partial charge in [-0.05, 0) is 36.1 Å². The third-order valence-corrected chi connectivity index (χ3v) is 3.24. The Hall–Kier alpha value is -1.97. The molecule has 0 aliphatic heterocycles. The molecule has 19 heavy (non-hydrogen) atoms. The minimum atomic E-state index is -0.150. The van der Waals surface area contributed by atoms with E-state index in [1.807, 2.05) is 32.9 Å². The number of nitrogens with two attached hydrogens (primary N) is 1. The van der Waals surface area contributed by atoms with Gasteiger partial charge in [0.1, 0.15) is 0 Å². The molecule has 0 spiro atoms. The van der Waals surface area contributed by atoms with Gasteiger partial charge in [-0.15, -0.1) is 0 Å². The highest BCUT2D eigenvalue weighted by Crippen LogP contribution is 2.29. The maximum Gasteiger partial charge on any atom is 0.150 e. The van der Waals surface area contributed by atoms with E-state index in [0.29, 0.717) is 17.9 Å². The number of nitrogens with one attached hydrogen (secondary N) is 2. The second kappa shape index (κ2) is 4.96. The first-order valence-electron chi connectivity index (χ1n) is 6.39. The number of rotatable bonds is 4. The van der Waals surface area contributed by atoms with Gasteiger partial charge in [0.2, 0.25) is 0 Å². The van der Waals surface area contributed by atoms with Crippen molar-refractivity contribution in [2.45, 2.75) is 33.2 Å². The van der Waals surface area contributed by atoms with Gasteiger partial charge >= 0.3 is 0 Å². The normalized spacial score (nSPS) is 11.2. The average Bonchev–Trinajstić information content (AvgIpc) is 2.69. The summed E-state index contributed by atoms with van der Waals surface area (Å²) in [6.07, 6.45) is 0. The smallest absolute Gasteiger partial charge is 0.150 e. The molecule has 1 heterocycles. The van der Waals surface area contributed by atoms with Crippen LogP contribution in [0, 0.1) is 12.7 Å². The van der Waals surface area contributed by atoms with Crippen molar-refractivity contribution in [3.05, 3.63) is 47.2 Å². The highest BCUT2D eigenvalue weighted by Gasteiger charge is 2.15. The summed E-state index contributed by atoms with van der Waals surface area (Å²) in [5.41, 5.74) is 8.67. The Balaban J connectivity index is 2.48. The molecule has 0 saturated carbocycles. The van der Waals surface area contributed by atoms with E-state index in [4.69, 9.17) is 5.73 Å². The van der Waals surface area contributed by atoms with Crippen LogP contribution in [0.25, 0.3) is 10.9 Å². The molecule has 0 bridgehead atoms. The van der Waals surface area contributed by atoms with Crippen LogP contribution in [-0.4, -0.2) is 4.98 Å². The second-order valence-electron chi connectivity index (χ2n) is 5.21. The zero-order valence-electron chi connectivity index (χ0n) is 11.6. The van der Waals surface area contributed by atoms with Gasteiger partial charge in [0.25, 0.3) is 0 Å². The van der Waals surface area contributed by atoms with Crippen LogP contribution in [0.5, 0.6) is 0 Å². The molecule has 0 unspecified atom stereocenters. The van der Waals surface area contributed by atoms with Crippen molar-refractivity contribution >= 4 is 10.9 Å². The Labute approximate surface area is 112 Å². The summed E-state index contributed by atoms with van der Waals surface area (Å²) < 4.78 is 14.5. The van der Waals surface area contributed by atoms with E-state index in [0.717, 1.165) is 22.2 Å². The minimum absolute atomic E-state index is 0.150. The summed E-state index contributed by atoms with van der Waals surface area (Å²) in [5.74, 6) is 0.416. The number of aryl methyl sites for hydroxylation is 1. The Kier molecular flexibility index (Phi) is 3.51. The topological polar surface area (TPSA) is 53.8 Å². The van der Waals surface area contributed by atoms with Crippen molar-refractivity contribution in [3.8, 4) is 0 Å². The fourth-order valence-corrected chi connectivity index (χ4v) is 2.46. The molecule has 0 atom stereocenters. The number of benzene rings is 1. The Morgan fingerprint density at radius 2 is 2.16 bits per heavy atom. The van der Waals surface area contributed by atoms with Crippen LogP contribution in [0.2, 0.25) is 0 Å². The van der Waals surface area contributed by atoms with E-state index in [9.17, 15) is 4.39 Å². The molecule has 0 aliphatic rings. The number of aromatic amines is 1. The lowest BCUT2D eigenvalue weighted by Crippen LogP contribution is -2.18. The maximum absolute atomic E-state index is 14.5. The standard InChI is InChI=1S/C15H20FN3/c1-8(2)13-9(3)5-11-6-12(7-18-10(4)17)19-15(11)14(13)16/h5-6,8,18-19H,4,7,17H2,1-3H3. The average molecular weight is 261 g/mol. The minimum Gasteiger partial charge on any atom is -0.386 e. The second-order valence-corrected chi connectivity index (χ2v) is 5.21. The zero-order chi connectivity index (χ0) is 14.2. The van der Waals surface area contributed by atoms with Gasteiger partial charge in [0.05, 0.1) is 17.9 Å². The summed E-state index contributed by atoms with van der Waals surface area (Å²) in [6, 6.07) is 3.95. The van der Waals surface area contributed by atoms with Crippen molar-refractivity contribution in [1.82, 2.24) is 10.3 Å². The van der Waals surface area contributed by atoms with Crippen molar-refractivity contribution in [2.24, 2.45) is 5.73 Å². The van der Waals surface area contributed by atoms with Gasteiger partial charge in [-0.3, -0.25) is 0 Å². The third kappa shape index (κ3) is 2.57. The Morgan fingerprint density at radius 1 is 1.47 bits per heavy atom. The molecule has 102 valence electrons. The molecule has 3 nitrogen and oxygen atoms in total. The molecule has 0 amide bonds. The first-order valence-corrected chi connectivity index (χ1v) is 6.39. The zero-order valence-corrected chi connectivity index (χ0v) is 11.6. The summed E-state index contributed by atoms with van der Waals surface area (Å²) >= 11 is 0.